The summed E-state index contributed by atoms with van der Waals surface area (Å²) in [6.45, 7) is -0.262. The van der Waals surface area contributed by atoms with Gasteiger partial charge in [-0.25, -0.2) is 9.78 Å². The number of nitrogens with zero attached hydrogens (tertiary/aromatic N) is 4. The highest BCUT2D eigenvalue weighted by molar-refractivity contribution is 6.28. The van der Waals surface area contributed by atoms with Crippen LogP contribution in [-0.4, -0.2) is 83.8 Å². The Morgan fingerprint density at radius 1 is 1.16 bits per heavy atom. The number of rotatable bonds is 11. The molecule has 13 nitrogen and oxygen atoms in total. The number of ether oxygens (including phenoxy) is 2. The van der Waals surface area contributed by atoms with Gasteiger partial charge in [-0.1, -0.05) is 66.6 Å². The molecule has 0 spiro atoms. The maximum atomic E-state index is 12.9. The Morgan fingerprint density at radius 2 is 1.82 bits per heavy atom. The number of carboxylic acid groups (broad SMARTS) is 1. The highest BCUT2D eigenvalue weighted by Gasteiger charge is 2.57. The van der Waals surface area contributed by atoms with Gasteiger partial charge in [0.1, 0.15) is 12.2 Å². The van der Waals surface area contributed by atoms with Gasteiger partial charge in [0.25, 0.3) is 5.91 Å². The van der Waals surface area contributed by atoms with Gasteiger partial charge < -0.3 is 35.4 Å². The molecule has 5 atom stereocenters. The number of aliphatic carboxylic acids is 1. The summed E-state index contributed by atoms with van der Waals surface area (Å²) < 4.78 is 13.1. The Labute approximate surface area is 256 Å². The van der Waals surface area contributed by atoms with E-state index in [1.54, 1.807) is 30.3 Å². The number of aromatic nitrogens is 4. The number of nitrogens with one attached hydrogen (secondary N) is 2. The first-order valence-corrected chi connectivity index (χ1v) is 13.9. The lowest BCUT2D eigenvalue weighted by Crippen LogP contribution is -2.57. The Kier molecular flexibility index (Phi) is 8.82. The largest absolute Gasteiger partial charge is 0.479 e. The van der Waals surface area contributed by atoms with Gasteiger partial charge in [-0.2, -0.15) is 9.97 Å². The predicted octanol–water partition coefficient (Wildman–Crippen LogP) is 1.54. The van der Waals surface area contributed by atoms with Gasteiger partial charge in [-0.15, -0.1) is 6.42 Å². The third-order valence-electron chi connectivity index (χ3n) is 7.43. The second kappa shape index (κ2) is 12.6. The molecule has 4 aromatic rings. The zero-order valence-corrected chi connectivity index (χ0v) is 24.2. The molecule has 14 heteroatoms. The van der Waals surface area contributed by atoms with E-state index in [1.807, 2.05) is 30.3 Å². The van der Waals surface area contributed by atoms with Gasteiger partial charge >= 0.3 is 5.97 Å². The Balaban J connectivity index is 1.43. The summed E-state index contributed by atoms with van der Waals surface area (Å²) in [5.41, 5.74) is -2.80. The number of benzene rings is 2. The number of carbonyl (C=O) groups excluding carboxylic acids is 1. The molecule has 2 aromatic carbocycles. The third kappa shape index (κ3) is 5.69. The van der Waals surface area contributed by atoms with Gasteiger partial charge in [-0.3, -0.25) is 9.36 Å². The molecule has 1 aliphatic heterocycles. The van der Waals surface area contributed by atoms with Crippen molar-refractivity contribution in [3.63, 3.8) is 0 Å². The summed E-state index contributed by atoms with van der Waals surface area (Å²) >= 11 is 6.23. The summed E-state index contributed by atoms with van der Waals surface area (Å²) in [5.74, 6) is -0.0348. The molecule has 1 fully saturated rings. The number of halogens is 1. The zero-order valence-electron chi connectivity index (χ0n) is 23.4. The van der Waals surface area contributed by atoms with Crippen molar-refractivity contribution in [3.05, 3.63) is 83.4 Å². The fraction of sp³-hybridized carbons (Fsp3) is 0.300. The number of anilines is 1. The average molecular weight is 621 g/mol. The molecule has 1 amide bonds. The van der Waals surface area contributed by atoms with Crippen molar-refractivity contribution < 1.29 is 34.4 Å². The number of amides is 1. The Hall–Kier alpha value is -4.58. The van der Waals surface area contributed by atoms with Gasteiger partial charge in [0.2, 0.25) is 10.9 Å². The fourth-order valence-corrected chi connectivity index (χ4v) is 5.20. The van der Waals surface area contributed by atoms with E-state index < -0.39 is 48.1 Å². The van der Waals surface area contributed by atoms with Crippen molar-refractivity contribution in [2.75, 3.05) is 19.0 Å². The zero-order chi connectivity index (χ0) is 31.5. The number of likely N-dealkylation sites (N-methyl/N-ethyl adjacent to an activating group) is 1. The van der Waals surface area contributed by atoms with Crippen LogP contribution >= 0.6 is 11.6 Å². The molecule has 0 saturated carbocycles. The minimum absolute atomic E-state index is 0.118. The van der Waals surface area contributed by atoms with E-state index in [0.29, 0.717) is 23.4 Å². The molecular weight excluding hydrogens is 592 g/mol. The number of imidazole rings is 1. The minimum Gasteiger partial charge on any atom is -0.479 e. The molecule has 0 aliphatic carbocycles. The summed E-state index contributed by atoms with van der Waals surface area (Å²) in [4.78, 5) is 38.3. The van der Waals surface area contributed by atoms with Crippen LogP contribution in [0.5, 0.6) is 0 Å². The number of aliphatic hydroxyl groups is 2. The van der Waals surface area contributed by atoms with Crippen LogP contribution in [0.2, 0.25) is 5.28 Å². The molecule has 3 heterocycles. The lowest BCUT2D eigenvalue weighted by Gasteiger charge is -2.31. The van der Waals surface area contributed by atoms with Crippen LogP contribution in [0.3, 0.4) is 0 Å². The number of carboxylic acids is 1. The molecule has 1 aliphatic rings. The Bertz CT molecular complexity index is 1700. The molecule has 0 radical (unpaired) electrons. The highest BCUT2D eigenvalue weighted by Crippen LogP contribution is 2.39. The molecule has 1 saturated heterocycles. The topological polar surface area (TPSA) is 181 Å². The standard InChI is InChI=1S/C30H29ClN6O7/c1-3-29(42)20(16-43-30(27(40)41,26(39)32-2)14-18-10-6-4-7-11-18)44-25(22(29)38)37-17-34-21-23(35-28(31)36-24(21)37)33-15-19-12-8-5-9-13-19/h1,4-13,17,20,22,25,38,42H,14-16H2,2H3,(H,32,39)(H,40,41)(H,33,35,36)/t20-,22+,25-,29-,30?/m1/s1. The van der Waals surface area contributed by atoms with Gasteiger partial charge in [0.15, 0.2) is 28.8 Å². The van der Waals surface area contributed by atoms with Crippen molar-refractivity contribution in [1.82, 2.24) is 24.8 Å². The molecule has 0 bridgehead atoms. The monoisotopic (exact) mass is 620 g/mol. The summed E-state index contributed by atoms with van der Waals surface area (Å²) in [6, 6.07) is 18.0. The van der Waals surface area contributed by atoms with Crippen LogP contribution in [0.4, 0.5) is 5.82 Å². The van der Waals surface area contributed by atoms with Crippen LogP contribution in [0.25, 0.3) is 11.2 Å². The van der Waals surface area contributed by atoms with E-state index in [2.05, 4.69) is 31.5 Å². The maximum absolute atomic E-state index is 12.9. The lowest BCUT2D eigenvalue weighted by atomic mass is 9.91. The average Bonchev–Trinajstić information content (AvgIpc) is 3.56. The third-order valence-corrected chi connectivity index (χ3v) is 7.60. The number of carbonyl (C=O) groups is 2. The summed E-state index contributed by atoms with van der Waals surface area (Å²) in [6.07, 6.45) is 2.06. The second-order valence-electron chi connectivity index (χ2n) is 10.1. The fourth-order valence-electron chi connectivity index (χ4n) is 5.03. The Morgan fingerprint density at radius 3 is 2.43 bits per heavy atom. The molecule has 44 heavy (non-hydrogen) atoms. The van der Waals surface area contributed by atoms with Crippen molar-refractivity contribution in [2.24, 2.45) is 0 Å². The number of fused-ring (bicyclic) bond motifs is 1. The first-order chi connectivity index (χ1) is 21.1. The quantitative estimate of drug-likeness (QED) is 0.0932. The summed E-state index contributed by atoms with van der Waals surface area (Å²) in [7, 11) is 1.28. The van der Waals surface area contributed by atoms with Crippen LogP contribution in [-0.2, 0) is 32.0 Å². The molecule has 5 N–H and O–H groups in total. The summed E-state index contributed by atoms with van der Waals surface area (Å²) in [5, 5.41) is 38.1. The van der Waals surface area contributed by atoms with Crippen molar-refractivity contribution >= 4 is 40.5 Å². The predicted molar refractivity (Wildman–Crippen MR) is 158 cm³/mol. The molecule has 2 aromatic heterocycles. The van der Waals surface area contributed by atoms with Crippen molar-refractivity contribution in [2.45, 2.75) is 42.6 Å². The highest BCUT2D eigenvalue weighted by atomic mass is 35.5. The van der Waals surface area contributed by atoms with Crippen LogP contribution < -0.4 is 10.6 Å². The number of terminal acetylenes is 1. The van der Waals surface area contributed by atoms with Crippen molar-refractivity contribution in [1.29, 1.82) is 0 Å². The molecular formula is C30H29ClN6O7. The molecule has 228 valence electrons. The second-order valence-corrected chi connectivity index (χ2v) is 10.5. The SMILES string of the molecule is C#C[C@@]1(O)[C@@H](COC(Cc2ccccc2)(C(=O)O)C(=O)NC)O[C@@H](n2cnc3c(NCc4ccccc4)nc(Cl)nc32)[C@@H]1O. The van der Waals surface area contributed by atoms with Crippen LogP contribution in [0.15, 0.2) is 67.0 Å². The number of hydrogen-bond donors (Lipinski definition) is 5. The van der Waals surface area contributed by atoms with Gasteiger partial charge in [-0.05, 0) is 22.7 Å². The normalized spacial score (nSPS) is 22.7. The van der Waals surface area contributed by atoms with E-state index in [4.69, 9.17) is 27.5 Å². The smallest absolute Gasteiger partial charge is 0.346 e. The first kappa shape index (κ1) is 30.9. The van der Waals surface area contributed by atoms with Gasteiger partial charge in [0, 0.05) is 20.0 Å². The van der Waals surface area contributed by atoms with Crippen molar-refractivity contribution in [3.8, 4) is 12.3 Å². The van der Waals surface area contributed by atoms with Crippen LogP contribution in [0.1, 0.15) is 17.4 Å². The first-order valence-electron chi connectivity index (χ1n) is 13.5. The lowest BCUT2D eigenvalue weighted by molar-refractivity contribution is -0.181. The van der Waals surface area contributed by atoms with E-state index >= 15 is 0 Å². The number of hydrogen-bond acceptors (Lipinski definition) is 10. The van der Waals surface area contributed by atoms with E-state index in [9.17, 15) is 24.9 Å². The number of aliphatic hydroxyl groups excluding tert-OH is 1. The van der Waals surface area contributed by atoms with E-state index in [1.165, 1.54) is 17.9 Å². The van der Waals surface area contributed by atoms with Crippen LogP contribution in [0, 0.1) is 12.3 Å². The van der Waals surface area contributed by atoms with E-state index in [-0.39, 0.29) is 17.4 Å². The molecule has 5 rings (SSSR count). The van der Waals surface area contributed by atoms with Gasteiger partial charge in [0.05, 0.1) is 12.9 Å². The maximum Gasteiger partial charge on any atom is 0.346 e. The molecule has 1 unspecified atom stereocenters. The van der Waals surface area contributed by atoms with E-state index in [0.717, 1.165) is 5.56 Å². The minimum atomic E-state index is -2.40.